The van der Waals surface area contributed by atoms with E-state index in [1.807, 2.05) is 70.0 Å². The number of carbonyl (C=O) groups excluding carboxylic acids is 4. The van der Waals surface area contributed by atoms with Gasteiger partial charge in [-0.1, -0.05) is 91.6 Å². The number of carboxylic acids is 1. The van der Waals surface area contributed by atoms with Gasteiger partial charge >= 0.3 is 11.9 Å². The third-order valence-corrected chi connectivity index (χ3v) is 11.3. The quantitative estimate of drug-likeness (QED) is 0.153. The number of hydrogen-bond acceptors (Lipinski definition) is 9. The number of amides is 3. The van der Waals surface area contributed by atoms with E-state index >= 15 is 0 Å². The number of nitrogens with one attached hydrogen (secondary N) is 2. The van der Waals surface area contributed by atoms with Crippen molar-refractivity contribution in [2.75, 3.05) is 20.6 Å². The molecular weight excluding hydrogens is 695 g/mol. The lowest BCUT2D eigenvalue weighted by Crippen LogP contribution is -2.58. The first-order valence-electron chi connectivity index (χ1n) is 19.0. The van der Waals surface area contributed by atoms with Crippen LogP contribution in [-0.4, -0.2) is 94.4 Å². The van der Waals surface area contributed by atoms with Crippen molar-refractivity contribution in [1.82, 2.24) is 25.4 Å². The van der Waals surface area contributed by atoms with E-state index in [2.05, 4.69) is 15.6 Å². The number of thiazole rings is 1. The van der Waals surface area contributed by atoms with E-state index in [9.17, 15) is 29.1 Å². The van der Waals surface area contributed by atoms with E-state index in [4.69, 9.17) is 4.74 Å². The van der Waals surface area contributed by atoms with Crippen LogP contribution >= 0.6 is 11.3 Å². The highest BCUT2D eigenvalue weighted by Gasteiger charge is 2.37. The molecule has 7 atom stereocenters. The number of benzene rings is 1. The normalized spacial score (nSPS) is 18.4. The largest absolute Gasteiger partial charge is 0.481 e. The van der Waals surface area contributed by atoms with E-state index in [1.165, 1.54) is 11.3 Å². The minimum atomic E-state index is -0.944. The lowest BCUT2D eigenvalue weighted by molar-refractivity contribution is -0.155. The lowest BCUT2D eigenvalue weighted by atomic mass is 9.92. The molecule has 3 amide bonds. The average Bonchev–Trinajstić information content (AvgIpc) is 3.62. The molecule has 0 bridgehead atoms. The third-order valence-electron chi connectivity index (χ3n) is 10.4. The summed E-state index contributed by atoms with van der Waals surface area (Å²) in [5.74, 6) is -3.45. The molecular formula is C40H61N5O7S. The van der Waals surface area contributed by atoms with E-state index in [0.717, 1.165) is 31.4 Å². The number of likely N-dealkylation sites (tertiary alicyclic amines) is 1. The van der Waals surface area contributed by atoms with Gasteiger partial charge in [-0.2, -0.15) is 0 Å². The van der Waals surface area contributed by atoms with Crippen LogP contribution in [0.2, 0.25) is 0 Å². The van der Waals surface area contributed by atoms with Crippen molar-refractivity contribution in [1.29, 1.82) is 0 Å². The second kappa shape index (κ2) is 20.6. The highest BCUT2D eigenvalue weighted by Crippen LogP contribution is 2.32. The van der Waals surface area contributed by atoms with Crippen molar-refractivity contribution in [3.05, 3.63) is 52.0 Å². The van der Waals surface area contributed by atoms with Gasteiger partial charge in [0.05, 0.1) is 17.9 Å². The zero-order valence-corrected chi connectivity index (χ0v) is 33.8. The monoisotopic (exact) mass is 755 g/mol. The van der Waals surface area contributed by atoms with Crippen LogP contribution in [0.15, 0.2) is 35.7 Å². The molecule has 0 spiro atoms. The number of likely N-dealkylation sites (N-methyl/N-ethyl adjacent to an activating group) is 2. The summed E-state index contributed by atoms with van der Waals surface area (Å²) < 4.78 is 6.02. The van der Waals surface area contributed by atoms with Gasteiger partial charge in [0.1, 0.15) is 16.7 Å². The standard InChI is InChI=1S/C40H61N5O7S/c1-10-26(6)34(43-36(47)31-18-14-15-19-44(31)8)38(48)45(9)32(24(2)3)22-33(52-40(51)25(4)5)37-42-30(23-53-37)35(46)41-29(20-27(7)39(49)50)21-28-16-12-11-13-17-28/h11-13,16-17,23-27,29,31-34H,10,14-15,18-22H2,1-9H3,(H,41,46)(H,43,47)(H,49,50)/t26-,27-,29+,31+,32+,33+,34-/m0/s1. The van der Waals surface area contributed by atoms with Crippen molar-refractivity contribution < 1.29 is 33.8 Å². The number of hydrogen-bond donors (Lipinski definition) is 3. The summed E-state index contributed by atoms with van der Waals surface area (Å²) >= 11 is 1.19. The number of aliphatic carboxylic acids is 1. The molecule has 3 rings (SSSR count). The fourth-order valence-corrected chi connectivity index (χ4v) is 7.55. The molecule has 1 aliphatic rings. The van der Waals surface area contributed by atoms with Gasteiger partial charge in [0.2, 0.25) is 11.8 Å². The number of aromatic nitrogens is 1. The lowest BCUT2D eigenvalue weighted by Gasteiger charge is -2.38. The molecule has 12 nitrogen and oxygen atoms in total. The Bertz CT molecular complexity index is 1520. The Hall–Kier alpha value is -3.84. The Morgan fingerprint density at radius 3 is 2.28 bits per heavy atom. The smallest absolute Gasteiger partial charge is 0.309 e. The zero-order valence-electron chi connectivity index (χ0n) is 33.0. The molecule has 13 heteroatoms. The molecule has 1 aromatic carbocycles. The summed E-state index contributed by atoms with van der Waals surface area (Å²) in [6.45, 7) is 13.9. The third kappa shape index (κ3) is 12.6. The van der Waals surface area contributed by atoms with Gasteiger partial charge in [-0.05, 0) is 56.7 Å². The molecule has 1 aliphatic heterocycles. The van der Waals surface area contributed by atoms with Crippen molar-refractivity contribution in [3.63, 3.8) is 0 Å². The number of carboxylic acid groups (broad SMARTS) is 1. The maximum atomic E-state index is 14.3. The molecule has 2 aromatic rings. The van der Waals surface area contributed by atoms with Gasteiger partial charge in [-0.25, -0.2) is 4.98 Å². The van der Waals surface area contributed by atoms with Gasteiger partial charge < -0.3 is 25.4 Å². The maximum absolute atomic E-state index is 14.3. The molecule has 1 aromatic heterocycles. The molecule has 0 aliphatic carbocycles. The highest BCUT2D eigenvalue weighted by atomic mass is 32.1. The van der Waals surface area contributed by atoms with Crippen LogP contribution in [0.1, 0.15) is 114 Å². The van der Waals surface area contributed by atoms with E-state index in [0.29, 0.717) is 17.8 Å². The van der Waals surface area contributed by atoms with E-state index in [1.54, 1.807) is 38.1 Å². The van der Waals surface area contributed by atoms with Gasteiger partial charge in [-0.3, -0.25) is 28.9 Å². The number of carbonyl (C=O) groups is 5. The minimum absolute atomic E-state index is 0.0559. The summed E-state index contributed by atoms with van der Waals surface area (Å²) in [6, 6.07) is 7.68. The summed E-state index contributed by atoms with van der Waals surface area (Å²) in [5.41, 5.74) is 1.10. The molecule has 294 valence electrons. The van der Waals surface area contributed by atoms with Gasteiger partial charge in [0, 0.05) is 30.9 Å². The predicted molar refractivity (Wildman–Crippen MR) is 206 cm³/mol. The molecule has 1 saturated heterocycles. The van der Waals surface area contributed by atoms with Gasteiger partial charge in [0.15, 0.2) is 6.10 Å². The van der Waals surface area contributed by atoms with Crippen LogP contribution < -0.4 is 10.6 Å². The van der Waals surface area contributed by atoms with Crippen molar-refractivity contribution in [2.45, 2.75) is 124 Å². The molecule has 0 saturated carbocycles. The molecule has 53 heavy (non-hydrogen) atoms. The van der Waals surface area contributed by atoms with Gasteiger partial charge in [0.25, 0.3) is 5.91 Å². The Labute approximate surface area is 319 Å². The van der Waals surface area contributed by atoms with E-state index < -0.39 is 53.9 Å². The zero-order chi connectivity index (χ0) is 39.4. The molecule has 1 fully saturated rings. The van der Waals surface area contributed by atoms with Gasteiger partial charge in [-0.15, -0.1) is 11.3 Å². The second-order valence-corrected chi connectivity index (χ2v) is 16.2. The number of rotatable bonds is 19. The fourth-order valence-electron chi connectivity index (χ4n) is 6.71. The summed E-state index contributed by atoms with van der Waals surface area (Å²) in [7, 11) is 3.67. The van der Waals surface area contributed by atoms with E-state index in [-0.39, 0.29) is 48.2 Å². The number of piperidine rings is 1. The van der Waals surface area contributed by atoms with Crippen molar-refractivity contribution >= 4 is 41.0 Å². The predicted octanol–water partition coefficient (Wildman–Crippen LogP) is 5.72. The molecule has 3 N–H and O–H groups in total. The Morgan fingerprint density at radius 1 is 1.02 bits per heavy atom. The average molecular weight is 756 g/mol. The van der Waals surface area contributed by atoms with Crippen LogP contribution in [-0.2, 0) is 30.3 Å². The van der Waals surface area contributed by atoms with Crippen LogP contribution in [0.25, 0.3) is 0 Å². The van der Waals surface area contributed by atoms with Crippen LogP contribution in [0.5, 0.6) is 0 Å². The minimum Gasteiger partial charge on any atom is -0.481 e. The first-order valence-corrected chi connectivity index (χ1v) is 19.9. The number of esters is 1. The van der Waals surface area contributed by atoms with Crippen LogP contribution in [0, 0.1) is 23.7 Å². The second-order valence-electron chi connectivity index (χ2n) is 15.3. The topological polar surface area (TPSA) is 158 Å². The SMILES string of the molecule is CC[C@H](C)[C@H](NC(=O)[C@H]1CCCCN1C)C(=O)N(C)[C@H](C[C@@H](OC(=O)C(C)C)c1nc(C(=O)N[C@@H](Cc2ccccc2)C[C@H](C)C(=O)O)cs1)C(C)C. The maximum Gasteiger partial charge on any atom is 0.309 e. The van der Waals surface area contributed by atoms with Crippen LogP contribution in [0.3, 0.4) is 0 Å². The molecule has 0 radical (unpaired) electrons. The highest BCUT2D eigenvalue weighted by molar-refractivity contribution is 7.09. The summed E-state index contributed by atoms with van der Waals surface area (Å²) in [4.78, 5) is 74.4. The Balaban J connectivity index is 1.86. The molecule has 2 heterocycles. The summed E-state index contributed by atoms with van der Waals surface area (Å²) in [6.07, 6.45) is 3.51. The fraction of sp³-hybridized carbons (Fsp3) is 0.650. The van der Waals surface area contributed by atoms with Crippen LogP contribution in [0.4, 0.5) is 0 Å². The number of ether oxygens (including phenoxy) is 1. The van der Waals surface area contributed by atoms with Crippen molar-refractivity contribution in [3.8, 4) is 0 Å². The van der Waals surface area contributed by atoms with Crippen molar-refractivity contribution in [2.24, 2.45) is 23.7 Å². The first kappa shape index (κ1) is 43.6. The number of nitrogens with zero attached hydrogens (tertiary/aromatic N) is 3. The summed E-state index contributed by atoms with van der Waals surface area (Å²) in [5, 5.41) is 17.7. The Kier molecular flexibility index (Phi) is 16.9. The molecule has 0 unspecified atom stereocenters. The Morgan fingerprint density at radius 2 is 1.70 bits per heavy atom. The first-order chi connectivity index (χ1) is 25.0.